The molecule has 0 aliphatic carbocycles. The number of nitrogens with two attached hydrogens (primary N) is 1. The van der Waals surface area contributed by atoms with Crippen molar-refractivity contribution in [2.75, 3.05) is 6.54 Å². The average Bonchev–Trinajstić information content (AvgIpc) is 2.79. The van der Waals surface area contributed by atoms with Crippen LogP contribution < -0.4 is 11.1 Å². The highest BCUT2D eigenvalue weighted by molar-refractivity contribution is 7.10. The summed E-state index contributed by atoms with van der Waals surface area (Å²) in [6.45, 7) is 4.92. The number of nitrogens with one attached hydrogen (secondary N) is 1. The number of thiophene rings is 1. The highest BCUT2D eigenvalue weighted by Crippen LogP contribution is 2.25. The molecule has 0 radical (unpaired) electrons. The topological polar surface area (TPSA) is 55.1 Å². The van der Waals surface area contributed by atoms with Crippen LogP contribution in [-0.2, 0) is 4.79 Å². The Hall–Kier alpha value is -0.870. The van der Waals surface area contributed by atoms with Crippen molar-refractivity contribution in [3.8, 4) is 0 Å². The molecule has 96 valence electrons. The van der Waals surface area contributed by atoms with Crippen molar-refractivity contribution in [1.82, 2.24) is 5.32 Å². The lowest BCUT2D eigenvalue weighted by Gasteiger charge is -2.21. The molecule has 0 spiro atoms. The molecule has 0 aliphatic rings. The third kappa shape index (κ3) is 4.88. The predicted octanol–water partition coefficient (Wildman–Crippen LogP) is 2.69. The van der Waals surface area contributed by atoms with Crippen LogP contribution in [0, 0.1) is 5.92 Å². The third-order valence-electron chi connectivity index (χ3n) is 2.69. The largest absolute Gasteiger partial charge is 0.348 e. The van der Waals surface area contributed by atoms with Gasteiger partial charge in [0.15, 0.2) is 0 Å². The second-order valence-electron chi connectivity index (χ2n) is 4.55. The SMILES string of the molecule is CC(C)C(NC(=O)CCCCN)c1cccs1. The van der Waals surface area contributed by atoms with Gasteiger partial charge in [-0.25, -0.2) is 0 Å². The van der Waals surface area contributed by atoms with Crippen molar-refractivity contribution in [3.63, 3.8) is 0 Å². The van der Waals surface area contributed by atoms with Gasteiger partial charge >= 0.3 is 0 Å². The van der Waals surface area contributed by atoms with Crippen LogP contribution in [0.5, 0.6) is 0 Å². The van der Waals surface area contributed by atoms with Gasteiger partial charge in [0.25, 0.3) is 0 Å². The zero-order valence-corrected chi connectivity index (χ0v) is 11.4. The monoisotopic (exact) mass is 254 g/mol. The van der Waals surface area contributed by atoms with Gasteiger partial charge < -0.3 is 11.1 Å². The van der Waals surface area contributed by atoms with Crippen molar-refractivity contribution in [1.29, 1.82) is 0 Å². The first kappa shape index (κ1) is 14.2. The molecule has 3 N–H and O–H groups in total. The number of hydrogen-bond acceptors (Lipinski definition) is 3. The van der Waals surface area contributed by atoms with Crippen LogP contribution in [0.15, 0.2) is 17.5 Å². The Morgan fingerprint density at radius 3 is 2.76 bits per heavy atom. The molecule has 1 aromatic heterocycles. The fourth-order valence-electron chi connectivity index (χ4n) is 1.71. The van der Waals surface area contributed by atoms with Crippen LogP contribution in [0.3, 0.4) is 0 Å². The fourth-order valence-corrected chi connectivity index (χ4v) is 2.66. The van der Waals surface area contributed by atoms with Gasteiger partial charge in [0.05, 0.1) is 6.04 Å². The second kappa shape index (κ2) is 7.45. The first-order chi connectivity index (χ1) is 8.15. The zero-order chi connectivity index (χ0) is 12.7. The minimum absolute atomic E-state index is 0.130. The number of carbonyl (C=O) groups is 1. The molecule has 4 heteroatoms. The molecule has 0 fully saturated rings. The van der Waals surface area contributed by atoms with Gasteiger partial charge in [0.2, 0.25) is 5.91 Å². The van der Waals surface area contributed by atoms with Gasteiger partial charge in [0, 0.05) is 11.3 Å². The molecule has 0 saturated carbocycles. The maximum atomic E-state index is 11.8. The van der Waals surface area contributed by atoms with Gasteiger partial charge in [-0.2, -0.15) is 0 Å². The number of amides is 1. The molecule has 0 bridgehead atoms. The first-order valence-corrected chi connectivity index (χ1v) is 7.06. The summed E-state index contributed by atoms with van der Waals surface area (Å²) in [5, 5.41) is 5.16. The van der Waals surface area contributed by atoms with Gasteiger partial charge in [-0.1, -0.05) is 19.9 Å². The summed E-state index contributed by atoms with van der Waals surface area (Å²) in [6, 6.07) is 4.24. The summed E-state index contributed by atoms with van der Waals surface area (Å²) in [6.07, 6.45) is 2.36. The molecule has 1 amide bonds. The second-order valence-corrected chi connectivity index (χ2v) is 5.53. The summed E-state index contributed by atoms with van der Waals surface area (Å²) >= 11 is 1.69. The van der Waals surface area contributed by atoms with Gasteiger partial charge in [-0.3, -0.25) is 4.79 Å². The summed E-state index contributed by atoms with van der Waals surface area (Å²) in [4.78, 5) is 13.0. The van der Waals surface area contributed by atoms with E-state index in [1.165, 1.54) is 4.88 Å². The Balaban J connectivity index is 2.48. The van der Waals surface area contributed by atoms with Crippen molar-refractivity contribution in [2.45, 2.75) is 39.2 Å². The molecular formula is C13H22N2OS. The van der Waals surface area contributed by atoms with E-state index in [4.69, 9.17) is 5.73 Å². The fraction of sp³-hybridized carbons (Fsp3) is 0.615. The van der Waals surface area contributed by atoms with Crippen LogP contribution >= 0.6 is 11.3 Å². The molecule has 1 rings (SSSR count). The standard InChI is InChI=1S/C13H22N2OS/c1-10(2)13(11-6-5-9-17-11)15-12(16)7-3-4-8-14/h5-6,9-10,13H,3-4,7-8,14H2,1-2H3,(H,15,16). The molecule has 1 aromatic rings. The molecule has 1 atom stereocenters. The third-order valence-corrected chi connectivity index (χ3v) is 3.65. The van der Waals surface area contributed by atoms with Gasteiger partial charge in [-0.05, 0) is 36.8 Å². The van der Waals surface area contributed by atoms with Crippen LogP contribution in [0.2, 0.25) is 0 Å². The number of carbonyl (C=O) groups excluding carboxylic acids is 1. The Kier molecular flexibility index (Phi) is 6.22. The van der Waals surface area contributed by atoms with E-state index < -0.39 is 0 Å². The van der Waals surface area contributed by atoms with E-state index in [2.05, 4.69) is 25.2 Å². The molecule has 0 aromatic carbocycles. The highest BCUT2D eigenvalue weighted by Gasteiger charge is 2.18. The van der Waals surface area contributed by atoms with E-state index in [0.717, 1.165) is 12.8 Å². The molecule has 0 aliphatic heterocycles. The maximum Gasteiger partial charge on any atom is 0.220 e. The minimum atomic E-state index is 0.130. The molecule has 1 heterocycles. The smallest absolute Gasteiger partial charge is 0.220 e. The van der Waals surface area contributed by atoms with E-state index in [1.54, 1.807) is 11.3 Å². The Bertz CT molecular complexity index is 322. The summed E-state index contributed by atoms with van der Waals surface area (Å²) < 4.78 is 0. The maximum absolute atomic E-state index is 11.8. The summed E-state index contributed by atoms with van der Waals surface area (Å²) in [5.41, 5.74) is 5.41. The number of rotatable bonds is 7. The molecule has 0 saturated heterocycles. The normalized spacial score (nSPS) is 12.7. The lowest BCUT2D eigenvalue weighted by molar-refractivity contribution is -0.122. The Morgan fingerprint density at radius 1 is 1.47 bits per heavy atom. The molecule has 17 heavy (non-hydrogen) atoms. The first-order valence-electron chi connectivity index (χ1n) is 6.18. The number of unbranched alkanes of at least 4 members (excludes halogenated alkanes) is 1. The van der Waals surface area contributed by atoms with E-state index in [-0.39, 0.29) is 11.9 Å². The highest BCUT2D eigenvalue weighted by atomic mass is 32.1. The molecular weight excluding hydrogens is 232 g/mol. The van der Waals surface area contributed by atoms with E-state index in [9.17, 15) is 4.79 Å². The van der Waals surface area contributed by atoms with Crippen molar-refractivity contribution < 1.29 is 4.79 Å². The van der Waals surface area contributed by atoms with Gasteiger partial charge in [-0.15, -0.1) is 11.3 Å². The van der Waals surface area contributed by atoms with Gasteiger partial charge in [0.1, 0.15) is 0 Å². The number of hydrogen-bond donors (Lipinski definition) is 2. The van der Waals surface area contributed by atoms with E-state index in [1.807, 2.05) is 11.4 Å². The van der Waals surface area contributed by atoms with Crippen LogP contribution in [0.4, 0.5) is 0 Å². The quantitative estimate of drug-likeness (QED) is 0.735. The molecule has 1 unspecified atom stereocenters. The average molecular weight is 254 g/mol. The van der Waals surface area contributed by atoms with Crippen LogP contribution in [0.1, 0.15) is 44.0 Å². The van der Waals surface area contributed by atoms with E-state index >= 15 is 0 Å². The van der Waals surface area contributed by atoms with E-state index in [0.29, 0.717) is 18.9 Å². The Labute approximate surface area is 107 Å². The van der Waals surface area contributed by atoms with Crippen LogP contribution in [-0.4, -0.2) is 12.5 Å². The minimum Gasteiger partial charge on any atom is -0.348 e. The summed E-state index contributed by atoms with van der Waals surface area (Å²) in [7, 11) is 0. The Morgan fingerprint density at radius 2 is 2.24 bits per heavy atom. The van der Waals surface area contributed by atoms with Crippen molar-refractivity contribution in [2.24, 2.45) is 11.7 Å². The zero-order valence-electron chi connectivity index (χ0n) is 10.6. The van der Waals surface area contributed by atoms with Crippen molar-refractivity contribution >= 4 is 17.2 Å². The lowest BCUT2D eigenvalue weighted by Crippen LogP contribution is -2.31. The predicted molar refractivity (Wildman–Crippen MR) is 72.9 cm³/mol. The van der Waals surface area contributed by atoms with Crippen molar-refractivity contribution in [3.05, 3.63) is 22.4 Å². The lowest BCUT2D eigenvalue weighted by atomic mass is 10.0. The van der Waals surface area contributed by atoms with Crippen LogP contribution in [0.25, 0.3) is 0 Å². The molecule has 3 nitrogen and oxygen atoms in total. The summed E-state index contributed by atoms with van der Waals surface area (Å²) in [5.74, 6) is 0.539.